The van der Waals surface area contributed by atoms with Gasteiger partial charge in [-0.2, -0.15) is 5.10 Å². The van der Waals surface area contributed by atoms with Crippen molar-refractivity contribution in [1.29, 1.82) is 0 Å². The number of hydrogen-bond acceptors (Lipinski definition) is 3. The lowest BCUT2D eigenvalue weighted by Gasteiger charge is -2.33. The van der Waals surface area contributed by atoms with E-state index in [1.807, 2.05) is 65.7 Å². The molecule has 4 rings (SSSR count). The standard InChI is InChI=1S/C20H18ClN3O2/c21-16-8-6-15(7-9-16)19-14-23(12-13-26-19)20(25)17-4-1-2-5-18(17)24-11-3-10-22-24/h1-11,19H,12-14H2. The Labute approximate surface area is 156 Å². The van der Waals surface area contributed by atoms with Crippen LogP contribution in [0.2, 0.25) is 5.02 Å². The van der Waals surface area contributed by atoms with E-state index in [1.54, 1.807) is 10.9 Å². The van der Waals surface area contributed by atoms with Crippen molar-refractivity contribution in [2.75, 3.05) is 19.7 Å². The Morgan fingerprint density at radius 1 is 1.12 bits per heavy atom. The van der Waals surface area contributed by atoms with Gasteiger partial charge in [0.25, 0.3) is 5.91 Å². The van der Waals surface area contributed by atoms with Gasteiger partial charge in [0, 0.05) is 24.0 Å². The van der Waals surface area contributed by atoms with Gasteiger partial charge in [-0.25, -0.2) is 4.68 Å². The van der Waals surface area contributed by atoms with E-state index >= 15 is 0 Å². The summed E-state index contributed by atoms with van der Waals surface area (Å²) in [4.78, 5) is 15.0. The van der Waals surface area contributed by atoms with Gasteiger partial charge in [-0.05, 0) is 35.9 Å². The highest BCUT2D eigenvalue weighted by atomic mass is 35.5. The van der Waals surface area contributed by atoms with E-state index in [0.717, 1.165) is 11.3 Å². The Kier molecular flexibility index (Phi) is 4.73. The van der Waals surface area contributed by atoms with Crippen LogP contribution in [-0.2, 0) is 4.74 Å². The average Bonchev–Trinajstić information content (AvgIpc) is 3.23. The predicted octanol–water partition coefficient (Wildman–Crippen LogP) is 3.74. The molecule has 2 heterocycles. The van der Waals surface area contributed by atoms with E-state index < -0.39 is 0 Å². The fraction of sp³-hybridized carbons (Fsp3) is 0.200. The summed E-state index contributed by atoms with van der Waals surface area (Å²) < 4.78 is 7.58. The third kappa shape index (κ3) is 3.36. The van der Waals surface area contributed by atoms with Crippen LogP contribution in [0.15, 0.2) is 67.0 Å². The first-order valence-corrected chi connectivity index (χ1v) is 8.85. The van der Waals surface area contributed by atoms with Crippen LogP contribution in [-0.4, -0.2) is 40.3 Å². The summed E-state index contributed by atoms with van der Waals surface area (Å²) in [5.74, 6) is -0.0154. The normalized spacial score (nSPS) is 17.3. The molecule has 1 saturated heterocycles. The number of carbonyl (C=O) groups is 1. The summed E-state index contributed by atoms with van der Waals surface area (Å²) in [5.41, 5.74) is 2.43. The monoisotopic (exact) mass is 367 g/mol. The van der Waals surface area contributed by atoms with Crippen molar-refractivity contribution in [3.63, 3.8) is 0 Å². The van der Waals surface area contributed by atoms with Crippen LogP contribution in [0.3, 0.4) is 0 Å². The Bertz CT molecular complexity index is 894. The van der Waals surface area contributed by atoms with Crippen LogP contribution in [0.5, 0.6) is 0 Å². The molecule has 0 N–H and O–H groups in total. The minimum atomic E-state index is -0.151. The fourth-order valence-corrected chi connectivity index (χ4v) is 3.27. The molecule has 0 saturated carbocycles. The van der Waals surface area contributed by atoms with Crippen molar-refractivity contribution in [3.05, 3.63) is 83.1 Å². The molecule has 2 aromatic carbocycles. The third-order valence-corrected chi connectivity index (χ3v) is 4.73. The van der Waals surface area contributed by atoms with Gasteiger partial charge in [0.1, 0.15) is 6.10 Å². The van der Waals surface area contributed by atoms with Crippen molar-refractivity contribution in [3.8, 4) is 5.69 Å². The zero-order valence-electron chi connectivity index (χ0n) is 14.1. The Balaban J connectivity index is 1.58. The Morgan fingerprint density at radius 2 is 1.92 bits per heavy atom. The van der Waals surface area contributed by atoms with Gasteiger partial charge in [0.2, 0.25) is 0 Å². The summed E-state index contributed by atoms with van der Waals surface area (Å²) in [5, 5.41) is 4.94. The van der Waals surface area contributed by atoms with Crippen LogP contribution in [0.25, 0.3) is 5.69 Å². The van der Waals surface area contributed by atoms with Gasteiger partial charge in [-0.1, -0.05) is 35.9 Å². The zero-order chi connectivity index (χ0) is 17.9. The van der Waals surface area contributed by atoms with Crippen molar-refractivity contribution in [1.82, 2.24) is 14.7 Å². The maximum Gasteiger partial charge on any atom is 0.256 e. The van der Waals surface area contributed by atoms with Gasteiger partial charge in [0.15, 0.2) is 0 Å². The first-order valence-electron chi connectivity index (χ1n) is 8.48. The molecular weight excluding hydrogens is 350 g/mol. The third-order valence-electron chi connectivity index (χ3n) is 4.48. The molecule has 1 unspecified atom stereocenters. The SMILES string of the molecule is O=C(c1ccccc1-n1cccn1)N1CCOC(c2ccc(Cl)cc2)C1. The lowest BCUT2D eigenvalue weighted by molar-refractivity contribution is -0.0228. The lowest BCUT2D eigenvalue weighted by Crippen LogP contribution is -2.42. The second-order valence-electron chi connectivity index (χ2n) is 6.13. The summed E-state index contributed by atoms with van der Waals surface area (Å²) in [7, 11) is 0. The molecule has 1 fully saturated rings. The lowest BCUT2D eigenvalue weighted by atomic mass is 10.1. The Morgan fingerprint density at radius 3 is 2.69 bits per heavy atom. The quantitative estimate of drug-likeness (QED) is 0.708. The van der Waals surface area contributed by atoms with E-state index in [0.29, 0.717) is 30.3 Å². The first-order chi connectivity index (χ1) is 12.7. The minimum Gasteiger partial charge on any atom is -0.370 e. The molecule has 132 valence electrons. The highest BCUT2D eigenvalue weighted by Crippen LogP contribution is 2.25. The number of carbonyl (C=O) groups excluding carboxylic acids is 1. The number of para-hydroxylation sites is 1. The number of morpholine rings is 1. The molecular formula is C20H18ClN3O2. The van der Waals surface area contributed by atoms with Gasteiger partial charge in [-0.15, -0.1) is 0 Å². The van der Waals surface area contributed by atoms with E-state index in [9.17, 15) is 4.79 Å². The largest absolute Gasteiger partial charge is 0.370 e. The molecule has 1 aliphatic rings. The van der Waals surface area contributed by atoms with Crippen LogP contribution in [0.1, 0.15) is 22.0 Å². The van der Waals surface area contributed by atoms with Crippen LogP contribution < -0.4 is 0 Å². The van der Waals surface area contributed by atoms with Crippen LogP contribution in [0, 0.1) is 0 Å². The maximum absolute atomic E-state index is 13.2. The predicted molar refractivity (Wildman–Crippen MR) is 99.6 cm³/mol. The van der Waals surface area contributed by atoms with Crippen LogP contribution in [0.4, 0.5) is 0 Å². The molecule has 0 bridgehead atoms. The average molecular weight is 368 g/mol. The number of aromatic nitrogens is 2. The smallest absolute Gasteiger partial charge is 0.256 e. The number of ether oxygens (including phenoxy) is 1. The molecule has 3 aromatic rings. The van der Waals surface area contributed by atoms with Gasteiger partial charge in [-0.3, -0.25) is 4.79 Å². The highest BCUT2D eigenvalue weighted by Gasteiger charge is 2.27. The second kappa shape index (κ2) is 7.32. The van der Waals surface area contributed by atoms with Gasteiger partial charge in [0.05, 0.1) is 24.4 Å². The Hall–Kier alpha value is -2.63. The van der Waals surface area contributed by atoms with E-state index in [4.69, 9.17) is 16.3 Å². The fourth-order valence-electron chi connectivity index (χ4n) is 3.15. The van der Waals surface area contributed by atoms with Crippen molar-refractivity contribution >= 4 is 17.5 Å². The molecule has 1 aliphatic heterocycles. The van der Waals surface area contributed by atoms with Gasteiger partial charge >= 0.3 is 0 Å². The van der Waals surface area contributed by atoms with Gasteiger partial charge < -0.3 is 9.64 Å². The topological polar surface area (TPSA) is 47.4 Å². The summed E-state index contributed by atoms with van der Waals surface area (Å²) in [6.07, 6.45) is 3.39. The van der Waals surface area contributed by atoms with E-state index in [2.05, 4.69) is 5.10 Å². The summed E-state index contributed by atoms with van der Waals surface area (Å²) in [6, 6.07) is 16.9. The summed E-state index contributed by atoms with van der Waals surface area (Å²) in [6.45, 7) is 1.58. The van der Waals surface area contributed by atoms with Crippen LogP contribution >= 0.6 is 11.6 Å². The van der Waals surface area contributed by atoms with Crippen molar-refractivity contribution < 1.29 is 9.53 Å². The van der Waals surface area contributed by atoms with E-state index in [1.165, 1.54) is 0 Å². The number of hydrogen-bond donors (Lipinski definition) is 0. The molecule has 0 aliphatic carbocycles. The number of benzene rings is 2. The molecule has 1 atom stereocenters. The zero-order valence-corrected chi connectivity index (χ0v) is 14.8. The molecule has 0 radical (unpaired) electrons. The minimum absolute atomic E-state index is 0.0154. The number of nitrogens with zero attached hydrogens (tertiary/aromatic N) is 3. The number of rotatable bonds is 3. The molecule has 1 aromatic heterocycles. The highest BCUT2D eigenvalue weighted by molar-refractivity contribution is 6.30. The maximum atomic E-state index is 13.2. The second-order valence-corrected chi connectivity index (χ2v) is 6.57. The summed E-state index contributed by atoms with van der Waals surface area (Å²) >= 11 is 5.96. The molecule has 0 spiro atoms. The molecule has 5 nitrogen and oxygen atoms in total. The number of halogens is 1. The van der Waals surface area contributed by atoms with Crippen molar-refractivity contribution in [2.45, 2.75) is 6.10 Å². The molecule has 26 heavy (non-hydrogen) atoms. The molecule has 6 heteroatoms. The van der Waals surface area contributed by atoms with E-state index in [-0.39, 0.29) is 12.0 Å². The number of amides is 1. The van der Waals surface area contributed by atoms with Crippen molar-refractivity contribution in [2.24, 2.45) is 0 Å². The first kappa shape index (κ1) is 16.8. The molecule has 1 amide bonds.